The molecule has 110 valence electrons. The maximum Gasteiger partial charge on any atom is 0.251 e. The molecule has 20 heavy (non-hydrogen) atoms. The van der Waals surface area contributed by atoms with Crippen LogP contribution < -0.4 is 5.32 Å². The smallest absolute Gasteiger partial charge is 0.251 e. The molecule has 0 aromatic heterocycles. The first-order valence-electron chi connectivity index (χ1n) is 7.66. The number of hydrogen-bond donors (Lipinski definition) is 1. The highest BCUT2D eigenvalue weighted by Gasteiger charge is 2.16. The third-order valence-corrected chi connectivity index (χ3v) is 3.78. The Kier molecular flexibility index (Phi) is 5.18. The predicted molar refractivity (Wildman–Crippen MR) is 82.7 cm³/mol. The van der Waals surface area contributed by atoms with E-state index in [1.165, 1.54) is 31.5 Å². The minimum absolute atomic E-state index is 0.0122. The Morgan fingerprint density at radius 2 is 2.05 bits per heavy atom. The summed E-state index contributed by atoms with van der Waals surface area (Å²) in [5.41, 5.74) is 2.04. The highest BCUT2D eigenvalue weighted by molar-refractivity contribution is 5.94. The van der Waals surface area contributed by atoms with E-state index in [9.17, 15) is 4.79 Å². The summed E-state index contributed by atoms with van der Waals surface area (Å²) in [5.74, 6) is 0.818. The number of likely N-dealkylation sites (tertiary alicyclic amines) is 1. The minimum Gasteiger partial charge on any atom is -0.350 e. The topological polar surface area (TPSA) is 32.3 Å². The molecule has 2 rings (SSSR count). The second kappa shape index (κ2) is 6.89. The lowest BCUT2D eigenvalue weighted by atomic mass is 9.99. The summed E-state index contributed by atoms with van der Waals surface area (Å²) >= 11 is 0. The Hall–Kier alpha value is -1.35. The van der Waals surface area contributed by atoms with Gasteiger partial charge in [0.05, 0.1) is 0 Å². The van der Waals surface area contributed by atoms with Crippen LogP contribution in [0.15, 0.2) is 24.3 Å². The van der Waals surface area contributed by atoms with Gasteiger partial charge in [-0.2, -0.15) is 0 Å². The highest BCUT2D eigenvalue weighted by Crippen LogP contribution is 2.18. The van der Waals surface area contributed by atoms with E-state index in [2.05, 4.69) is 29.3 Å². The van der Waals surface area contributed by atoms with E-state index in [-0.39, 0.29) is 11.9 Å². The zero-order valence-corrected chi connectivity index (χ0v) is 12.9. The number of nitrogens with one attached hydrogen (secondary N) is 1. The van der Waals surface area contributed by atoms with Crippen LogP contribution in [-0.2, 0) is 6.54 Å². The number of benzene rings is 1. The van der Waals surface area contributed by atoms with Gasteiger partial charge in [-0.05, 0) is 56.8 Å². The molecule has 1 aromatic rings. The molecule has 1 atom stereocenters. The normalized spacial score (nSPS) is 20.1. The van der Waals surface area contributed by atoms with E-state index < -0.39 is 0 Å². The van der Waals surface area contributed by atoms with Crippen molar-refractivity contribution in [3.8, 4) is 0 Å². The summed E-state index contributed by atoms with van der Waals surface area (Å²) in [6, 6.07) is 8.20. The average Bonchev–Trinajstić information content (AvgIpc) is 2.38. The summed E-state index contributed by atoms with van der Waals surface area (Å²) in [6.07, 6.45) is 2.65. The van der Waals surface area contributed by atoms with Crippen LogP contribution in [0.4, 0.5) is 0 Å². The molecule has 1 amide bonds. The van der Waals surface area contributed by atoms with Gasteiger partial charge < -0.3 is 5.32 Å². The standard InChI is InChI=1S/C17H26N2O/c1-13(2)18-17(20)16-8-6-15(7-9-16)12-19-10-4-5-14(3)11-19/h6-9,13-14H,4-5,10-12H2,1-3H3,(H,18,20)/t14-/m1/s1. The third-order valence-electron chi connectivity index (χ3n) is 3.78. The van der Waals surface area contributed by atoms with Crippen molar-refractivity contribution in [3.63, 3.8) is 0 Å². The fraction of sp³-hybridized carbons (Fsp3) is 0.588. The molecule has 1 saturated heterocycles. The molecular weight excluding hydrogens is 248 g/mol. The molecule has 1 aromatic carbocycles. The van der Waals surface area contributed by atoms with Gasteiger partial charge in [-0.15, -0.1) is 0 Å². The second-order valence-electron chi connectivity index (χ2n) is 6.31. The maximum absolute atomic E-state index is 11.9. The van der Waals surface area contributed by atoms with E-state index in [1.54, 1.807) is 0 Å². The molecule has 0 unspecified atom stereocenters. The van der Waals surface area contributed by atoms with Gasteiger partial charge in [0.25, 0.3) is 5.91 Å². The van der Waals surface area contributed by atoms with Crippen LogP contribution in [0.25, 0.3) is 0 Å². The van der Waals surface area contributed by atoms with Crippen molar-refractivity contribution in [2.24, 2.45) is 5.92 Å². The Morgan fingerprint density at radius 3 is 2.65 bits per heavy atom. The van der Waals surface area contributed by atoms with Gasteiger partial charge in [0.2, 0.25) is 0 Å². The van der Waals surface area contributed by atoms with E-state index >= 15 is 0 Å². The summed E-state index contributed by atoms with van der Waals surface area (Å²) < 4.78 is 0. The number of carbonyl (C=O) groups is 1. The Bertz CT molecular complexity index is 439. The fourth-order valence-electron chi connectivity index (χ4n) is 2.80. The van der Waals surface area contributed by atoms with Gasteiger partial charge in [0.1, 0.15) is 0 Å². The van der Waals surface area contributed by atoms with Crippen LogP contribution in [0.1, 0.15) is 49.5 Å². The molecule has 1 fully saturated rings. The molecular formula is C17H26N2O. The SMILES string of the molecule is CC(C)NC(=O)c1ccc(CN2CCC[C@@H](C)C2)cc1. The van der Waals surface area contributed by atoms with Crippen molar-refractivity contribution in [3.05, 3.63) is 35.4 Å². The molecule has 0 aliphatic carbocycles. The van der Waals surface area contributed by atoms with Gasteiger partial charge in [0, 0.05) is 24.7 Å². The van der Waals surface area contributed by atoms with Gasteiger partial charge >= 0.3 is 0 Å². The van der Waals surface area contributed by atoms with Crippen molar-refractivity contribution >= 4 is 5.91 Å². The summed E-state index contributed by atoms with van der Waals surface area (Å²) in [4.78, 5) is 14.4. The Balaban J connectivity index is 1.92. The molecule has 0 saturated carbocycles. The molecule has 3 nitrogen and oxygen atoms in total. The quantitative estimate of drug-likeness (QED) is 0.915. The zero-order chi connectivity index (χ0) is 14.5. The van der Waals surface area contributed by atoms with Crippen molar-refractivity contribution in [1.29, 1.82) is 0 Å². The number of carbonyl (C=O) groups excluding carboxylic acids is 1. The van der Waals surface area contributed by atoms with Crippen LogP contribution in [0, 0.1) is 5.92 Å². The van der Waals surface area contributed by atoms with Crippen LogP contribution in [0.5, 0.6) is 0 Å². The summed E-state index contributed by atoms with van der Waals surface area (Å²) in [5, 5.41) is 2.92. The van der Waals surface area contributed by atoms with E-state index in [4.69, 9.17) is 0 Å². The molecule has 0 bridgehead atoms. The van der Waals surface area contributed by atoms with Crippen LogP contribution >= 0.6 is 0 Å². The van der Waals surface area contributed by atoms with Crippen molar-refractivity contribution in [2.45, 2.75) is 46.2 Å². The minimum atomic E-state index is 0.0122. The fourth-order valence-corrected chi connectivity index (χ4v) is 2.80. The van der Waals surface area contributed by atoms with Gasteiger partial charge in [-0.1, -0.05) is 19.1 Å². The first-order valence-corrected chi connectivity index (χ1v) is 7.66. The predicted octanol–water partition coefficient (Wildman–Crippen LogP) is 3.06. The monoisotopic (exact) mass is 274 g/mol. The maximum atomic E-state index is 11.9. The lowest BCUT2D eigenvalue weighted by Gasteiger charge is -2.30. The number of nitrogens with zero attached hydrogens (tertiary/aromatic N) is 1. The Morgan fingerprint density at radius 1 is 1.35 bits per heavy atom. The van der Waals surface area contributed by atoms with Gasteiger partial charge in [-0.25, -0.2) is 0 Å². The van der Waals surface area contributed by atoms with E-state index in [0.29, 0.717) is 0 Å². The van der Waals surface area contributed by atoms with Crippen LogP contribution in [0.2, 0.25) is 0 Å². The Labute approximate surface area is 122 Å². The van der Waals surface area contributed by atoms with Crippen molar-refractivity contribution in [2.75, 3.05) is 13.1 Å². The number of piperidine rings is 1. The molecule has 1 N–H and O–H groups in total. The van der Waals surface area contributed by atoms with Crippen LogP contribution in [0.3, 0.4) is 0 Å². The van der Waals surface area contributed by atoms with Crippen molar-refractivity contribution in [1.82, 2.24) is 10.2 Å². The van der Waals surface area contributed by atoms with E-state index in [1.807, 2.05) is 26.0 Å². The molecule has 1 aliphatic rings. The zero-order valence-electron chi connectivity index (χ0n) is 12.9. The number of amides is 1. The second-order valence-corrected chi connectivity index (χ2v) is 6.31. The number of hydrogen-bond acceptors (Lipinski definition) is 2. The van der Waals surface area contributed by atoms with E-state index in [0.717, 1.165) is 18.0 Å². The lowest BCUT2D eigenvalue weighted by molar-refractivity contribution is 0.0943. The molecule has 0 radical (unpaired) electrons. The molecule has 3 heteroatoms. The third kappa shape index (κ3) is 4.34. The highest BCUT2D eigenvalue weighted by atomic mass is 16.1. The van der Waals surface area contributed by atoms with Crippen molar-refractivity contribution < 1.29 is 4.79 Å². The first-order chi connectivity index (χ1) is 9.54. The summed E-state index contributed by atoms with van der Waals surface area (Å²) in [6.45, 7) is 9.66. The van der Waals surface area contributed by atoms with Gasteiger partial charge in [0.15, 0.2) is 0 Å². The number of rotatable bonds is 4. The first kappa shape index (κ1) is 15.0. The van der Waals surface area contributed by atoms with Crippen LogP contribution in [-0.4, -0.2) is 29.9 Å². The lowest BCUT2D eigenvalue weighted by Crippen LogP contribution is -2.33. The largest absolute Gasteiger partial charge is 0.350 e. The molecule has 0 spiro atoms. The van der Waals surface area contributed by atoms with Gasteiger partial charge in [-0.3, -0.25) is 9.69 Å². The summed E-state index contributed by atoms with van der Waals surface area (Å²) in [7, 11) is 0. The average molecular weight is 274 g/mol. The molecule has 1 heterocycles. The molecule has 1 aliphatic heterocycles.